The van der Waals surface area contributed by atoms with Crippen molar-refractivity contribution in [2.24, 2.45) is 0 Å². The number of hydrogen-bond acceptors (Lipinski definition) is 2. The van der Waals surface area contributed by atoms with Gasteiger partial charge < -0.3 is 0 Å². The van der Waals surface area contributed by atoms with Crippen molar-refractivity contribution in [1.82, 2.24) is 4.72 Å². The molecule has 2 aromatic rings. The normalized spacial score (nSPS) is 11.2. The van der Waals surface area contributed by atoms with Crippen molar-refractivity contribution in [1.29, 1.82) is 0 Å². The minimum Gasteiger partial charge on any atom is -0.199 e. The SMILES string of the molecule is Cc1ccc([N]S(=O)(=O)c2ccc(C)cc2)cc1. The summed E-state index contributed by atoms with van der Waals surface area (Å²) in [5, 5.41) is 0. The van der Waals surface area contributed by atoms with E-state index in [0.29, 0.717) is 5.69 Å². The molecule has 2 rings (SSSR count). The number of benzene rings is 2. The first-order valence-corrected chi connectivity index (χ1v) is 7.03. The third kappa shape index (κ3) is 2.90. The first-order chi connectivity index (χ1) is 8.47. The van der Waals surface area contributed by atoms with Crippen molar-refractivity contribution >= 4 is 15.7 Å². The van der Waals surface area contributed by atoms with Crippen LogP contribution in [0.25, 0.3) is 0 Å². The van der Waals surface area contributed by atoms with Gasteiger partial charge in [0.25, 0.3) is 10.0 Å². The Morgan fingerprint density at radius 2 is 1.22 bits per heavy atom. The Hall–Kier alpha value is -1.81. The van der Waals surface area contributed by atoms with Crippen LogP contribution in [0.5, 0.6) is 0 Å². The molecule has 0 aliphatic carbocycles. The molecule has 0 saturated heterocycles. The van der Waals surface area contributed by atoms with E-state index < -0.39 is 10.0 Å². The van der Waals surface area contributed by atoms with Gasteiger partial charge in [0.2, 0.25) is 0 Å². The van der Waals surface area contributed by atoms with E-state index in [1.165, 1.54) is 0 Å². The molecule has 0 spiro atoms. The first-order valence-electron chi connectivity index (χ1n) is 5.59. The minimum atomic E-state index is -3.62. The molecule has 0 saturated carbocycles. The predicted molar refractivity (Wildman–Crippen MR) is 71.3 cm³/mol. The number of sulfonamides is 1. The van der Waals surface area contributed by atoms with E-state index in [1.807, 2.05) is 26.0 Å². The van der Waals surface area contributed by atoms with Crippen LogP contribution in [0.15, 0.2) is 53.4 Å². The summed E-state index contributed by atoms with van der Waals surface area (Å²) in [5.41, 5.74) is 2.53. The van der Waals surface area contributed by atoms with E-state index in [0.717, 1.165) is 11.1 Å². The van der Waals surface area contributed by atoms with Crippen molar-refractivity contribution in [3.05, 3.63) is 59.7 Å². The molecule has 0 atom stereocenters. The molecule has 0 amide bonds. The van der Waals surface area contributed by atoms with Crippen LogP contribution in [-0.2, 0) is 10.0 Å². The van der Waals surface area contributed by atoms with Crippen LogP contribution in [0.1, 0.15) is 11.1 Å². The van der Waals surface area contributed by atoms with Crippen LogP contribution in [0.2, 0.25) is 0 Å². The Bertz CT molecular complexity index is 628. The van der Waals surface area contributed by atoms with Crippen molar-refractivity contribution in [3.8, 4) is 0 Å². The largest absolute Gasteiger partial charge is 0.282 e. The molecule has 0 aliphatic rings. The maximum atomic E-state index is 12.0. The van der Waals surface area contributed by atoms with Crippen LogP contribution in [0, 0.1) is 13.8 Å². The first kappa shape index (κ1) is 12.6. The highest BCUT2D eigenvalue weighted by atomic mass is 32.2. The van der Waals surface area contributed by atoms with E-state index in [2.05, 4.69) is 4.72 Å². The lowest BCUT2D eigenvalue weighted by Crippen LogP contribution is -2.11. The lowest BCUT2D eigenvalue weighted by Gasteiger charge is -2.05. The second-order valence-corrected chi connectivity index (χ2v) is 5.82. The maximum absolute atomic E-state index is 12.0. The molecule has 0 N–H and O–H groups in total. The molecule has 4 heteroatoms. The summed E-state index contributed by atoms with van der Waals surface area (Å²) in [4.78, 5) is 0.216. The molecule has 3 nitrogen and oxygen atoms in total. The van der Waals surface area contributed by atoms with E-state index >= 15 is 0 Å². The van der Waals surface area contributed by atoms with Gasteiger partial charge in [-0.15, -0.1) is 0 Å². The summed E-state index contributed by atoms with van der Waals surface area (Å²) in [5.74, 6) is 0. The van der Waals surface area contributed by atoms with Crippen LogP contribution in [0.4, 0.5) is 5.69 Å². The predicted octanol–water partition coefficient (Wildman–Crippen LogP) is 2.93. The van der Waals surface area contributed by atoms with E-state index in [4.69, 9.17) is 0 Å². The van der Waals surface area contributed by atoms with Gasteiger partial charge in [-0.25, -0.2) is 0 Å². The second kappa shape index (κ2) is 4.82. The summed E-state index contributed by atoms with van der Waals surface area (Å²) < 4.78 is 27.9. The highest BCUT2D eigenvalue weighted by molar-refractivity contribution is 7.89. The molecule has 0 aliphatic heterocycles. The van der Waals surface area contributed by atoms with Gasteiger partial charge in [-0.05, 0) is 38.1 Å². The fraction of sp³-hybridized carbons (Fsp3) is 0.143. The molecule has 0 aromatic heterocycles. The zero-order valence-electron chi connectivity index (χ0n) is 10.3. The minimum absolute atomic E-state index is 0.216. The number of hydrogen-bond donors (Lipinski definition) is 0. The third-order valence-electron chi connectivity index (χ3n) is 2.58. The summed E-state index contributed by atoms with van der Waals surface area (Å²) in [7, 11) is -3.62. The van der Waals surface area contributed by atoms with E-state index in [9.17, 15) is 8.42 Å². The average Bonchev–Trinajstić information content (AvgIpc) is 2.32. The van der Waals surface area contributed by atoms with Gasteiger partial charge in [0, 0.05) is 0 Å². The van der Waals surface area contributed by atoms with Gasteiger partial charge >= 0.3 is 0 Å². The highest BCUT2D eigenvalue weighted by Gasteiger charge is 2.15. The lowest BCUT2D eigenvalue weighted by atomic mass is 10.2. The topological polar surface area (TPSA) is 48.2 Å². The number of nitrogens with zero attached hydrogens (tertiary/aromatic N) is 1. The Morgan fingerprint density at radius 1 is 0.778 bits per heavy atom. The monoisotopic (exact) mass is 260 g/mol. The quantitative estimate of drug-likeness (QED) is 0.852. The van der Waals surface area contributed by atoms with Crippen LogP contribution in [-0.4, -0.2) is 8.42 Å². The molecule has 18 heavy (non-hydrogen) atoms. The number of rotatable bonds is 3. The fourth-order valence-corrected chi connectivity index (χ4v) is 2.49. The van der Waals surface area contributed by atoms with Crippen molar-refractivity contribution in [3.63, 3.8) is 0 Å². The summed E-state index contributed by atoms with van der Waals surface area (Å²) >= 11 is 0. The summed E-state index contributed by atoms with van der Waals surface area (Å²) in [6.45, 7) is 3.85. The molecule has 0 heterocycles. The molecule has 2 aromatic carbocycles. The molecule has 0 bridgehead atoms. The summed E-state index contributed by atoms with van der Waals surface area (Å²) in [6.07, 6.45) is 0. The Balaban J connectivity index is 2.27. The molecule has 0 fully saturated rings. The molecule has 1 radical (unpaired) electrons. The molecular weight excluding hydrogens is 246 g/mol. The second-order valence-electron chi connectivity index (χ2n) is 4.21. The van der Waals surface area contributed by atoms with Gasteiger partial charge in [0.05, 0.1) is 10.6 Å². The van der Waals surface area contributed by atoms with E-state index in [-0.39, 0.29) is 4.90 Å². The van der Waals surface area contributed by atoms with Crippen molar-refractivity contribution in [2.45, 2.75) is 18.7 Å². The van der Waals surface area contributed by atoms with Gasteiger partial charge in [0.1, 0.15) is 0 Å². The third-order valence-corrected chi connectivity index (χ3v) is 3.90. The standard InChI is InChI=1S/C14H14NO2S/c1-11-3-7-13(8-4-11)15-18(16,17)14-9-5-12(2)6-10-14/h3-10H,1-2H3. The molecule has 0 unspecified atom stereocenters. The zero-order chi connectivity index (χ0) is 13.2. The van der Waals surface area contributed by atoms with E-state index in [1.54, 1.807) is 36.4 Å². The van der Waals surface area contributed by atoms with Crippen molar-refractivity contribution in [2.75, 3.05) is 0 Å². The number of aryl methyl sites for hydroxylation is 2. The Morgan fingerprint density at radius 3 is 1.72 bits per heavy atom. The van der Waals surface area contributed by atoms with Crippen LogP contribution < -0.4 is 4.72 Å². The van der Waals surface area contributed by atoms with Crippen molar-refractivity contribution < 1.29 is 8.42 Å². The van der Waals surface area contributed by atoms with Crippen LogP contribution in [0.3, 0.4) is 0 Å². The zero-order valence-corrected chi connectivity index (χ0v) is 11.1. The lowest BCUT2D eigenvalue weighted by molar-refractivity contribution is 0.590. The smallest absolute Gasteiger partial charge is 0.199 e. The molecular formula is C14H14NO2S. The Labute approximate surface area is 108 Å². The van der Waals surface area contributed by atoms with Gasteiger partial charge in [0.15, 0.2) is 0 Å². The Kier molecular flexibility index (Phi) is 3.39. The van der Waals surface area contributed by atoms with Gasteiger partial charge in [-0.2, -0.15) is 13.1 Å². The highest BCUT2D eigenvalue weighted by Crippen LogP contribution is 2.17. The summed E-state index contributed by atoms with van der Waals surface area (Å²) in [6, 6.07) is 13.7. The average molecular weight is 260 g/mol. The van der Waals surface area contributed by atoms with Gasteiger partial charge in [-0.3, -0.25) is 0 Å². The van der Waals surface area contributed by atoms with Crippen LogP contribution >= 0.6 is 0 Å². The maximum Gasteiger partial charge on any atom is 0.282 e. The van der Waals surface area contributed by atoms with Gasteiger partial charge in [-0.1, -0.05) is 35.4 Å². The fourth-order valence-electron chi connectivity index (χ4n) is 1.51. The molecule has 93 valence electrons.